The lowest BCUT2D eigenvalue weighted by atomic mass is 9.89. The second-order valence-electron chi connectivity index (χ2n) is 5.16. The van der Waals surface area contributed by atoms with Gasteiger partial charge in [0, 0.05) is 12.6 Å². The summed E-state index contributed by atoms with van der Waals surface area (Å²) in [5.74, 6) is 1.90. The number of hydrogen-bond donors (Lipinski definition) is 2. The highest BCUT2D eigenvalue weighted by Crippen LogP contribution is 2.42. The third-order valence-electron chi connectivity index (χ3n) is 3.45. The molecule has 1 aromatic carbocycles. The Morgan fingerprint density at radius 1 is 1.16 bits per heavy atom. The lowest BCUT2D eigenvalue weighted by Gasteiger charge is -2.29. The van der Waals surface area contributed by atoms with Gasteiger partial charge in [0.1, 0.15) is 29.5 Å². The number of hydrogen-bond acceptors (Lipinski definition) is 4. The number of hydrazine groups is 1. The maximum Gasteiger partial charge on any atom is 0.298 e. The Hall–Kier alpha value is -2.75. The van der Waals surface area contributed by atoms with E-state index in [-0.39, 0.29) is 0 Å². The van der Waals surface area contributed by atoms with Crippen LogP contribution in [-0.2, 0) is 5.92 Å². The van der Waals surface area contributed by atoms with Crippen molar-refractivity contribution >= 4 is 6.34 Å². The molecular formula is C15H14F5N5. The van der Waals surface area contributed by atoms with E-state index in [1.165, 1.54) is 0 Å². The van der Waals surface area contributed by atoms with Crippen molar-refractivity contribution in [2.45, 2.75) is 11.8 Å². The van der Waals surface area contributed by atoms with E-state index in [2.05, 4.69) is 10.1 Å². The first kappa shape index (κ1) is 18.6. The van der Waals surface area contributed by atoms with Crippen LogP contribution in [0, 0.1) is 17.5 Å². The van der Waals surface area contributed by atoms with Crippen LogP contribution in [0.1, 0.15) is 17.2 Å². The number of benzene rings is 1. The fourth-order valence-electron chi connectivity index (χ4n) is 2.29. The highest BCUT2D eigenvalue weighted by Gasteiger charge is 2.45. The first-order valence-corrected chi connectivity index (χ1v) is 6.95. The van der Waals surface area contributed by atoms with Crippen molar-refractivity contribution in [3.63, 3.8) is 0 Å². The molecule has 0 bridgehead atoms. The summed E-state index contributed by atoms with van der Waals surface area (Å²) < 4.78 is 70.0. The molecule has 1 unspecified atom stereocenters. The Balaban J connectivity index is 2.50. The zero-order valence-electron chi connectivity index (χ0n) is 12.7. The molecule has 0 amide bonds. The Kier molecular flexibility index (Phi) is 5.52. The van der Waals surface area contributed by atoms with Crippen molar-refractivity contribution in [3.05, 3.63) is 65.2 Å². The van der Waals surface area contributed by atoms with Gasteiger partial charge in [0.2, 0.25) is 0 Å². The second kappa shape index (κ2) is 7.43. The quantitative estimate of drug-likeness (QED) is 0.273. The van der Waals surface area contributed by atoms with Gasteiger partial charge >= 0.3 is 0 Å². The van der Waals surface area contributed by atoms with Crippen molar-refractivity contribution in [2.24, 2.45) is 16.8 Å². The zero-order valence-corrected chi connectivity index (χ0v) is 12.7. The number of nitrogens with zero attached hydrogens (tertiary/aromatic N) is 3. The van der Waals surface area contributed by atoms with Crippen molar-refractivity contribution in [1.82, 2.24) is 9.99 Å². The van der Waals surface area contributed by atoms with Gasteiger partial charge in [-0.2, -0.15) is 13.9 Å². The summed E-state index contributed by atoms with van der Waals surface area (Å²) in [6.45, 7) is -0.616. The lowest BCUT2D eigenvalue weighted by molar-refractivity contribution is -0.0444. The Morgan fingerprint density at radius 2 is 1.84 bits per heavy atom. The summed E-state index contributed by atoms with van der Waals surface area (Å²) in [5.41, 5.74) is -1.28. The minimum atomic E-state index is -3.74. The number of hydrazone groups is 1. The third-order valence-corrected chi connectivity index (χ3v) is 3.45. The minimum absolute atomic E-state index is 0.481. The van der Waals surface area contributed by atoms with Crippen LogP contribution in [0.4, 0.5) is 22.0 Å². The molecule has 0 fully saturated rings. The number of rotatable bonds is 6. The van der Waals surface area contributed by atoms with Gasteiger partial charge in [-0.05, 0) is 23.8 Å². The Labute approximate surface area is 139 Å². The van der Waals surface area contributed by atoms with Crippen LogP contribution in [-0.4, -0.2) is 22.9 Å². The van der Waals surface area contributed by atoms with Crippen LogP contribution in [0.2, 0.25) is 0 Å². The van der Waals surface area contributed by atoms with E-state index < -0.39 is 47.1 Å². The summed E-state index contributed by atoms with van der Waals surface area (Å²) in [5, 5.41) is 3.82. The van der Waals surface area contributed by atoms with Crippen LogP contribution in [0.3, 0.4) is 0 Å². The van der Waals surface area contributed by atoms with Gasteiger partial charge in [0.25, 0.3) is 5.92 Å². The van der Waals surface area contributed by atoms with Gasteiger partial charge in [0.15, 0.2) is 0 Å². The van der Waals surface area contributed by atoms with Crippen LogP contribution < -0.4 is 11.7 Å². The molecule has 0 radical (unpaired) electrons. The molecule has 0 aliphatic rings. The number of pyridine rings is 1. The molecule has 1 atom stereocenters. The summed E-state index contributed by atoms with van der Waals surface area (Å²) in [7, 11) is 0. The molecule has 2 rings (SSSR count). The van der Waals surface area contributed by atoms with E-state index in [0.29, 0.717) is 12.3 Å². The fraction of sp³-hybridized carbons (Fsp3) is 0.200. The van der Waals surface area contributed by atoms with Gasteiger partial charge in [-0.3, -0.25) is 9.99 Å². The highest BCUT2D eigenvalue weighted by atomic mass is 19.3. The molecule has 25 heavy (non-hydrogen) atoms. The molecule has 0 saturated carbocycles. The molecule has 10 heteroatoms. The van der Waals surface area contributed by atoms with Crippen LogP contribution in [0.15, 0.2) is 41.6 Å². The smallest absolute Gasteiger partial charge is 0.298 e. The fourth-order valence-corrected chi connectivity index (χ4v) is 2.29. The average Bonchev–Trinajstić information content (AvgIpc) is 2.54. The molecule has 0 aliphatic carbocycles. The molecule has 0 saturated heterocycles. The van der Waals surface area contributed by atoms with Crippen molar-refractivity contribution in [1.29, 1.82) is 0 Å². The van der Waals surface area contributed by atoms with Crippen LogP contribution in [0.5, 0.6) is 0 Å². The van der Waals surface area contributed by atoms with E-state index in [4.69, 9.17) is 11.7 Å². The normalized spacial score (nSPS) is 13.2. The average molecular weight is 359 g/mol. The number of nitrogens with two attached hydrogens (primary N) is 2. The van der Waals surface area contributed by atoms with Crippen LogP contribution >= 0.6 is 0 Å². The SMILES string of the molecule is N/N=C\N(N)CC(c1ccc(F)cc1F)C(F)(F)c1ccc(F)cn1. The first-order valence-electron chi connectivity index (χ1n) is 6.95. The maximum absolute atomic E-state index is 14.9. The number of halogens is 5. The topological polar surface area (TPSA) is 80.5 Å². The molecule has 134 valence electrons. The van der Waals surface area contributed by atoms with E-state index in [0.717, 1.165) is 35.6 Å². The van der Waals surface area contributed by atoms with Crippen molar-refractivity contribution in [3.8, 4) is 0 Å². The molecule has 0 spiro atoms. The van der Waals surface area contributed by atoms with Crippen molar-refractivity contribution in [2.75, 3.05) is 6.54 Å². The second-order valence-corrected chi connectivity index (χ2v) is 5.16. The molecular weight excluding hydrogens is 345 g/mol. The largest absolute Gasteiger partial charge is 0.322 e. The maximum atomic E-state index is 14.9. The predicted octanol–water partition coefficient (Wildman–Crippen LogP) is 2.45. The Morgan fingerprint density at radius 3 is 2.40 bits per heavy atom. The zero-order chi connectivity index (χ0) is 18.6. The third kappa shape index (κ3) is 4.21. The highest BCUT2D eigenvalue weighted by molar-refractivity contribution is 5.53. The molecule has 1 aromatic heterocycles. The van der Waals surface area contributed by atoms with Crippen LogP contribution in [0.25, 0.3) is 0 Å². The van der Waals surface area contributed by atoms with Gasteiger partial charge < -0.3 is 5.84 Å². The molecule has 4 N–H and O–H groups in total. The number of aromatic nitrogens is 1. The van der Waals surface area contributed by atoms with Gasteiger partial charge in [-0.15, -0.1) is 0 Å². The summed E-state index contributed by atoms with van der Waals surface area (Å²) >= 11 is 0. The monoisotopic (exact) mass is 359 g/mol. The van der Waals surface area contributed by atoms with Gasteiger partial charge in [-0.25, -0.2) is 19.0 Å². The summed E-state index contributed by atoms with van der Waals surface area (Å²) in [6.07, 6.45) is 1.48. The van der Waals surface area contributed by atoms with Gasteiger partial charge in [0.05, 0.1) is 12.1 Å². The standard InChI is InChI=1S/C15H14F5N5/c16-9-1-3-11(13(18)5-9)12(7-25(22)8-24-21)15(19,20)14-4-2-10(17)6-23-14/h1-6,8,12H,7,21-22H2/b24-8-. The minimum Gasteiger partial charge on any atom is -0.322 e. The van der Waals surface area contributed by atoms with E-state index >= 15 is 0 Å². The van der Waals surface area contributed by atoms with Gasteiger partial charge in [-0.1, -0.05) is 6.07 Å². The Bertz CT molecular complexity index is 750. The number of alkyl halides is 2. The molecule has 1 heterocycles. The predicted molar refractivity (Wildman–Crippen MR) is 80.8 cm³/mol. The summed E-state index contributed by atoms with van der Waals surface area (Å²) in [6, 6.07) is 3.80. The molecule has 2 aromatic rings. The lowest BCUT2D eigenvalue weighted by Crippen LogP contribution is -2.40. The molecule has 5 nitrogen and oxygen atoms in total. The van der Waals surface area contributed by atoms with E-state index in [9.17, 15) is 22.0 Å². The molecule has 0 aliphatic heterocycles. The van der Waals surface area contributed by atoms with Crippen molar-refractivity contribution < 1.29 is 22.0 Å². The summed E-state index contributed by atoms with van der Waals surface area (Å²) in [4.78, 5) is 3.36. The van der Waals surface area contributed by atoms with E-state index in [1.54, 1.807) is 0 Å². The first-order chi connectivity index (χ1) is 11.8. The van der Waals surface area contributed by atoms with E-state index in [1.807, 2.05) is 0 Å².